The van der Waals surface area contributed by atoms with E-state index in [1.807, 2.05) is 0 Å². The molecule has 0 radical (unpaired) electrons. The lowest BCUT2D eigenvalue weighted by Crippen LogP contribution is -2.15. The highest BCUT2D eigenvalue weighted by atomic mass is 79.9. The minimum atomic E-state index is -0.143. The second kappa shape index (κ2) is 3.22. The van der Waals surface area contributed by atoms with Gasteiger partial charge in [-0.05, 0) is 45.7 Å². The van der Waals surface area contributed by atoms with Crippen LogP contribution < -0.4 is 5.43 Å². The van der Waals surface area contributed by atoms with Crippen molar-refractivity contribution in [3.63, 3.8) is 0 Å². The fraction of sp³-hybridized carbons (Fsp3) is 0.286. The van der Waals surface area contributed by atoms with Crippen LogP contribution in [0.5, 0.6) is 0 Å². The number of rotatable bonds is 0. The average molecular weight is 297 g/mol. The van der Waals surface area contributed by atoms with E-state index in [4.69, 9.17) is 0 Å². The molecule has 0 unspecified atom stereocenters. The molecule has 0 aliphatic heterocycles. The van der Waals surface area contributed by atoms with Gasteiger partial charge in [-0.3, -0.25) is 4.79 Å². The van der Waals surface area contributed by atoms with E-state index >= 15 is 0 Å². The van der Waals surface area contributed by atoms with Crippen LogP contribution in [0, 0.1) is 13.8 Å². The van der Waals surface area contributed by atoms with E-state index < -0.39 is 0 Å². The predicted octanol–water partition coefficient (Wildman–Crippen LogP) is 2.23. The Morgan fingerprint density at radius 2 is 1.50 bits per heavy atom. The fourth-order valence-corrected chi connectivity index (χ4v) is 1.86. The Morgan fingerprint density at radius 3 is 1.83 bits per heavy atom. The van der Waals surface area contributed by atoms with E-state index in [9.17, 15) is 10.0 Å². The minimum Gasteiger partial charge on any atom is -0.428 e. The highest BCUT2D eigenvalue weighted by molar-refractivity contribution is 9.11. The van der Waals surface area contributed by atoms with Gasteiger partial charge in [0, 0.05) is 0 Å². The molecular formula is C7H7Br2NO2. The molecule has 12 heavy (non-hydrogen) atoms. The molecule has 0 bridgehead atoms. The van der Waals surface area contributed by atoms with E-state index in [1.54, 1.807) is 13.8 Å². The van der Waals surface area contributed by atoms with Crippen LogP contribution >= 0.6 is 31.9 Å². The van der Waals surface area contributed by atoms with Gasteiger partial charge in [0.15, 0.2) is 0 Å². The first-order valence-electron chi connectivity index (χ1n) is 3.23. The van der Waals surface area contributed by atoms with Gasteiger partial charge in [0.1, 0.15) is 0 Å². The van der Waals surface area contributed by atoms with Crippen LogP contribution in [0.3, 0.4) is 0 Å². The molecule has 1 N–H and O–H groups in total. The van der Waals surface area contributed by atoms with E-state index in [0.29, 0.717) is 20.3 Å². The summed E-state index contributed by atoms with van der Waals surface area (Å²) >= 11 is 6.18. The third kappa shape index (κ3) is 1.31. The molecule has 1 aromatic heterocycles. The Hall–Kier alpha value is -0.290. The summed E-state index contributed by atoms with van der Waals surface area (Å²) in [5.74, 6) is 0. The standard InChI is InChI=1S/C7H7Br2NO2/c1-3-5(8)7(11)6(9)4(2)10(3)12/h12H,1-2H3. The van der Waals surface area contributed by atoms with Crippen LogP contribution in [0.2, 0.25) is 0 Å². The monoisotopic (exact) mass is 295 g/mol. The Bertz CT molecular complexity index is 352. The normalized spacial score (nSPS) is 10.3. The van der Waals surface area contributed by atoms with Gasteiger partial charge in [0.25, 0.3) is 0 Å². The first-order chi connectivity index (χ1) is 5.46. The van der Waals surface area contributed by atoms with Crippen molar-refractivity contribution in [2.24, 2.45) is 0 Å². The van der Waals surface area contributed by atoms with Crippen molar-refractivity contribution in [3.8, 4) is 0 Å². The van der Waals surface area contributed by atoms with E-state index in [-0.39, 0.29) is 5.43 Å². The molecule has 0 fully saturated rings. The number of hydrogen-bond donors (Lipinski definition) is 1. The SMILES string of the molecule is Cc1c(Br)c(=O)c(Br)c(C)n1O. The molecule has 3 nitrogen and oxygen atoms in total. The Morgan fingerprint density at radius 1 is 1.17 bits per heavy atom. The largest absolute Gasteiger partial charge is 0.428 e. The van der Waals surface area contributed by atoms with Crippen LogP contribution in [0.25, 0.3) is 0 Å². The zero-order valence-corrected chi connectivity index (χ0v) is 9.73. The van der Waals surface area contributed by atoms with Gasteiger partial charge in [0.05, 0.1) is 20.3 Å². The molecule has 0 aliphatic rings. The number of aromatic nitrogens is 1. The highest BCUT2D eigenvalue weighted by Crippen LogP contribution is 2.18. The molecule has 0 amide bonds. The van der Waals surface area contributed by atoms with Gasteiger partial charge in [0.2, 0.25) is 5.43 Å². The molecule has 0 saturated heterocycles. The quantitative estimate of drug-likeness (QED) is 0.746. The van der Waals surface area contributed by atoms with E-state index in [2.05, 4.69) is 31.9 Å². The molecule has 0 saturated carbocycles. The number of hydrogen-bond acceptors (Lipinski definition) is 2. The lowest BCUT2D eigenvalue weighted by Gasteiger charge is -2.09. The molecule has 1 heterocycles. The van der Waals surface area contributed by atoms with Crippen LogP contribution in [0.1, 0.15) is 11.4 Å². The van der Waals surface area contributed by atoms with Gasteiger partial charge in [-0.25, -0.2) is 0 Å². The van der Waals surface area contributed by atoms with Crippen LogP contribution in [-0.4, -0.2) is 9.94 Å². The number of nitrogens with zero attached hydrogens (tertiary/aromatic N) is 1. The van der Waals surface area contributed by atoms with Crippen molar-refractivity contribution in [1.82, 2.24) is 4.73 Å². The summed E-state index contributed by atoms with van der Waals surface area (Å²) in [5, 5.41) is 9.41. The van der Waals surface area contributed by atoms with Gasteiger partial charge >= 0.3 is 0 Å². The topological polar surface area (TPSA) is 42.2 Å². The maximum Gasteiger partial charge on any atom is 0.210 e. The Kier molecular flexibility index (Phi) is 2.63. The highest BCUT2D eigenvalue weighted by Gasteiger charge is 2.12. The minimum absolute atomic E-state index is 0.143. The van der Waals surface area contributed by atoms with Gasteiger partial charge in [-0.2, -0.15) is 4.73 Å². The maximum atomic E-state index is 11.3. The zero-order chi connectivity index (χ0) is 9.46. The first-order valence-corrected chi connectivity index (χ1v) is 4.82. The van der Waals surface area contributed by atoms with Crippen LogP contribution in [-0.2, 0) is 0 Å². The molecule has 5 heteroatoms. The molecule has 0 aliphatic carbocycles. The molecule has 66 valence electrons. The first kappa shape index (κ1) is 9.80. The third-order valence-electron chi connectivity index (χ3n) is 1.67. The van der Waals surface area contributed by atoms with Crippen molar-refractivity contribution in [2.75, 3.05) is 0 Å². The number of halogens is 2. The smallest absolute Gasteiger partial charge is 0.210 e. The summed E-state index contributed by atoms with van der Waals surface area (Å²) < 4.78 is 1.72. The molecule has 1 aromatic rings. The van der Waals surface area contributed by atoms with Crippen molar-refractivity contribution in [1.29, 1.82) is 0 Å². The van der Waals surface area contributed by atoms with Crippen molar-refractivity contribution >= 4 is 31.9 Å². The summed E-state index contributed by atoms with van der Waals surface area (Å²) in [6, 6.07) is 0. The fourth-order valence-electron chi connectivity index (χ4n) is 0.862. The Labute approximate surface area is 86.2 Å². The second-order valence-corrected chi connectivity index (χ2v) is 4.03. The van der Waals surface area contributed by atoms with Crippen molar-refractivity contribution in [3.05, 3.63) is 30.6 Å². The second-order valence-electron chi connectivity index (χ2n) is 2.44. The summed E-state index contributed by atoms with van der Waals surface area (Å²) in [7, 11) is 0. The number of pyridine rings is 1. The van der Waals surface area contributed by atoms with E-state index in [0.717, 1.165) is 4.73 Å². The maximum absolute atomic E-state index is 11.3. The molecule has 0 atom stereocenters. The van der Waals surface area contributed by atoms with Gasteiger partial charge in [-0.1, -0.05) is 0 Å². The summed E-state index contributed by atoms with van der Waals surface area (Å²) in [6.07, 6.45) is 0. The Balaban J connectivity index is 3.73. The van der Waals surface area contributed by atoms with Gasteiger partial charge in [-0.15, -0.1) is 0 Å². The van der Waals surface area contributed by atoms with Gasteiger partial charge < -0.3 is 5.21 Å². The van der Waals surface area contributed by atoms with Crippen LogP contribution in [0.4, 0.5) is 0 Å². The summed E-state index contributed by atoms with van der Waals surface area (Å²) in [5.41, 5.74) is 0.858. The lowest BCUT2D eigenvalue weighted by molar-refractivity contribution is 0.169. The average Bonchev–Trinajstić information content (AvgIpc) is 2.08. The zero-order valence-electron chi connectivity index (χ0n) is 6.56. The third-order valence-corrected chi connectivity index (χ3v) is 3.54. The van der Waals surface area contributed by atoms with Crippen molar-refractivity contribution in [2.45, 2.75) is 13.8 Å². The molecule has 0 spiro atoms. The summed E-state index contributed by atoms with van der Waals surface area (Å²) in [6.45, 7) is 3.32. The van der Waals surface area contributed by atoms with E-state index in [1.165, 1.54) is 0 Å². The lowest BCUT2D eigenvalue weighted by atomic mass is 10.3. The predicted molar refractivity (Wildman–Crippen MR) is 52.8 cm³/mol. The van der Waals surface area contributed by atoms with Crippen LogP contribution in [0.15, 0.2) is 13.7 Å². The molecular weight excluding hydrogens is 290 g/mol. The summed E-state index contributed by atoms with van der Waals surface area (Å²) in [4.78, 5) is 11.3. The molecule has 1 rings (SSSR count). The van der Waals surface area contributed by atoms with Crippen molar-refractivity contribution < 1.29 is 5.21 Å². The molecule has 0 aromatic carbocycles.